The van der Waals surface area contributed by atoms with Crippen LogP contribution in [0.5, 0.6) is 5.75 Å². The third-order valence-corrected chi connectivity index (χ3v) is 13.9. The number of carbonyl (C=O) groups excluding carboxylic acids is 4. The van der Waals surface area contributed by atoms with E-state index in [4.69, 9.17) is 16.3 Å². The maximum absolute atomic E-state index is 16.2. The van der Waals surface area contributed by atoms with Gasteiger partial charge in [-0.3, -0.25) is 34.2 Å². The van der Waals surface area contributed by atoms with Crippen molar-refractivity contribution < 1.29 is 37.1 Å². The zero-order valence-electron chi connectivity index (χ0n) is 36.3. The minimum Gasteiger partial charge on any atom is -0.478 e. The molecule has 4 aromatic rings. The van der Waals surface area contributed by atoms with Crippen LogP contribution >= 0.6 is 11.6 Å². The van der Waals surface area contributed by atoms with Crippen LogP contribution in [-0.4, -0.2) is 119 Å². The fourth-order valence-electron chi connectivity index (χ4n) is 9.94. The summed E-state index contributed by atoms with van der Waals surface area (Å²) in [4.78, 5) is 78.7. The molecular weight excluding hydrogens is 869 g/mol. The Bertz CT molecular complexity index is 2650. The number of likely N-dealkylation sites (N-methyl/N-ethyl adjacent to an activating group) is 1. The molecule has 0 aliphatic carbocycles. The first-order valence-electron chi connectivity index (χ1n) is 21.9. The summed E-state index contributed by atoms with van der Waals surface area (Å²) in [5.41, 5.74) is 0.747. The summed E-state index contributed by atoms with van der Waals surface area (Å²) in [5.74, 6) is -4.55. The molecular formula is C45H50ClF3N10O6. The van der Waals surface area contributed by atoms with Gasteiger partial charge in [-0.25, -0.2) is 18.2 Å². The maximum Gasteiger partial charge on any atom is 0.293 e. The molecule has 0 bridgehead atoms. The number of anilines is 4. The van der Waals surface area contributed by atoms with Crippen LogP contribution in [0.2, 0.25) is 5.02 Å². The molecule has 1 spiro atoms. The van der Waals surface area contributed by atoms with Crippen molar-refractivity contribution in [3.8, 4) is 5.75 Å². The van der Waals surface area contributed by atoms with Gasteiger partial charge in [0.25, 0.3) is 23.3 Å². The van der Waals surface area contributed by atoms with Gasteiger partial charge >= 0.3 is 0 Å². The summed E-state index contributed by atoms with van der Waals surface area (Å²) in [6, 6.07) is 8.69. The van der Waals surface area contributed by atoms with Gasteiger partial charge in [0.1, 0.15) is 11.1 Å². The first kappa shape index (κ1) is 44.3. The van der Waals surface area contributed by atoms with Crippen LogP contribution in [0.1, 0.15) is 67.9 Å². The minimum atomic E-state index is -2.90. The molecule has 4 fully saturated rings. The average Bonchev–Trinajstić information content (AvgIpc) is 3.58. The highest BCUT2D eigenvalue weighted by molar-refractivity contribution is 6.33. The van der Waals surface area contributed by atoms with Crippen molar-refractivity contribution >= 4 is 69.3 Å². The Morgan fingerprint density at radius 2 is 1.78 bits per heavy atom. The number of amides is 4. The van der Waals surface area contributed by atoms with E-state index in [1.54, 1.807) is 32.0 Å². The van der Waals surface area contributed by atoms with Crippen LogP contribution in [-0.2, 0) is 20.9 Å². The SMILES string of the molecule is CNC(=O)COc1cc2c(F)c(Nc3nc(N4CCC(CN5CCC6(CN(c7ccc8c(c7)CN(C7CCC(=O)NC7=O)C8=O)C6)C(F)(F)C5)CC4)ncc3Cl)ccc2n(C(C)C)c1=O. The van der Waals surface area contributed by atoms with Crippen LogP contribution < -0.4 is 36.0 Å². The lowest BCUT2D eigenvalue weighted by molar-refractivity contribution is -0.181. The van der Waals surface area contributed by atoms with Crippen molar-refractivity contribution in [3.05, 3.63) is 74.9 Å². The summed E-state index contributed by atoms with van der Waals surface area (Å²) >= 11 is 6.51. The predicted octanol–water partition coefficient (Wildman–Crippen LogP) is 4.86. The van der Waals surface area contributed by atoms with Crippen LogP contribution in [0.3, 0.4) is 0 Å². The standard InChI is InChI=1S/C45H50ClF3N10O6/c1-25(2)59-33-7-6-32(38(47)30(33)17-35(42(59)64)65-21-37(61)50-3)52-39-31(46)18-51-43(54-39)56-13-10-26(11-14-56)19-55-15-12-44(45(48,49)24-55)22-57(23-44)28-4-5-29-27(16-28)20-58(41(29)63)34-8-9-36(60)53-40(34)62/h4-7,16-18,25-26,34H,8-15,19-24H2,1-3H3,(H,50,61)(H,51,52,54)(H,53,60,62). The van der Waals surface area contributed by atoms with Crippen LogP contribution in [0.15, 0.2) is 47.4 Å². The van der Waals surface area contributed by atoms with Gasteiger partial charge in [-0.05, 0) is 94.0 Å². The lowest BCUT2D eigenvalue weighted by Crippen LogP contribution is -2.70. The number of rotatable bonds is 11. The van der Waals surface area contributed by atoms with Crippen LogP contribution in [0.4, 0.5) is 36.3 Å². The number of benzene rings is 2. The number of fused-ring (bicyclic) bond motifs is 2. The molecule has 3 N–H and O–H groups in total. The third-order valence-electron chi connectivity index (χ3n) is 13.6. The van der Waals surface area contributed by atoms with Crippen molar-refractivity contribution in [2.24, 2.45) is 11.3 Å². The van der Waals surface area contributed by atoms with E-state index >= 15 is 13.2 Å². The van der Waals surface area contributed by atoms with Gasteiger partial charge < -0.3 is 34.6 Å². The Balaban J connectivity index is 0.794. The quantitative estimate of drug-likeness (QED) is 0.175. The summed E-state index contributed by atoms with van der Waals surface area (Å²) in [6.45, 7) is 5.76. The van der Waals surface area contributed by atoms with Gasteiger partial charge in [0.15, 0.2) is 24.0 Å². The smallest absolute Gasteiger partial charge is 0.293 e. The Morgan fingerprint density at radius 3 is 2.49 bits per heavy atom. The number of likely N-dealkylation sites (tertiary alicyclic amines) is 1. The summed E-state index contributed by atoms with van der Waals surface area (Å²) in [5, 5.41) is 7.97. The van der Waals surface area contributed by atoms with Gasteiger partial charge in [-0.1, -0.05) is 11.6 Å². The molecule has 16 nitrogen and oxygen atoms in total. The molecule has 344 valence electrons. The molecule has 0 saturated carbocycles. The van der Waals surface area contributed by atoms with E-state index in [9.17, 15) is 24.0 Å². The highest BCUT2D eigenvalue weighted by Crippen LogP contribution is 2.52. The molecule has 65 heavy (non-hydrogen) atoms. The van der Waals surface area contributed by atoms with Gasteiger partial charge in [0, 0.05) is 75.4 Å². The average molecular weight is 919 g/mol. The van der Waals surface area contributed by atoms with E-state index in [0.717, 1.165) is 24.1 Å². The Morgan fingerprint density at radius 1 is 1.02 bits per heavy atom. The summed E-state index contributed by atoms with van der Waals surface area (Å²) < 4.78 is 55.3. The molecule has 0 radical (unpaired) electrons. The highest BCUT2D eigenvalue weighted by atomic mass is 35.5. The molecule has 4 saturated heterocycles. The zero-order valence-corrected chi connectivity index (χ0v) is 37.0. The topological polar surface area (TPSA) is 174 Å². The second-order valence-electron chi connectivity index (χ2n) is 18.1. The van der Waals surface area contributed by atoms with Crippen molar-refractivity contribution in [1.29, 1.82) is 0 Å². The second-order valence-corrected chi connectivity index (χ2v) is 18.5. The number of hydrogen-bond acceptors (Lipinski definition) is 12. The zero-order chi connectivity index (χ0) is 45.9. The number of ether oxygens (including phenoxy) is 1. The molecule has 2 aromatic heterocycles. The summed E-state index contributed by atoms with van der Waals surface area (Å²) in [7, 11) is 1.44. The van der Waals surface area contributed by atoms with Crippen molar-refractivity contribution in [1.82, 2.24) is 35.0 Å². The molecule has 5 aliphatic rings. The van der Waals surface area contributed by atoms with Gasteiger partial charge in [-0.15, -0.1) is 0 Å². The minimum absolute atomic E-state index is 0.0460. The molecule has 1 unspecified atom stereocenters. The second kappa shape index (κ2) is 17.1. The predicted molar refractivity (Wildman–Crippen MR) is 237 cm³/mol. The largest absolute Gasteiger partial charge is 0.478 e. The number of hydrogen-bond donors (Lipinski definition) is 3. The molecule has 9 rings (SSSR count). The maximum atomic E-state index is 16.2. The van der Waals surface area contributed by atoms with Gasteiger partial charge in [-0.2, -0.15) is 4.98 Å². The molecule has 7 heterocycles. The van der Waals surface area contributed by atoms with E-state index < -0.39 is 47.2 Å². The fraction of sp³-hybridized carbons (Fsp3) is 0.489. The first-order valence-corrected chi connectivity index (χ1v) is 22.3. The molecule has 4 amide bonds. The number of carbonyl (C=O) groups is 4. The number of halogens is 4. The van der Waals surface area contributed by atoms with Crippen molar-refractivity contribution in [2.75, 3.05) is 74.6 Å². The third kappa shape index (κ3) is 8.21. The number of nitrogens with one attached hydrogen (secondary N) is 3. The van der Waals surface area contributed by atoms with E-state index in [-0.39, 0.29) is 90.5 Å². The Hall–Kier alpha value is -5.95. The first-order chi connectivity index (χ1) is 31.0. The fourth-order valence-corrected chi connectivity index (χ4v) is 10.1. The number of imide groups is 1. The number of pyridine rings is 1. The van der Waals surface area contributed by atoms with Gasteiger partial charge in [0.05, 0.1) is 29.4 Å². The number of alkyl halides is 2. The monoisotopic (exact) mass is 918 g/mol. The number of aromatic nitrogens is 3. The highest BCUT2D eigenvalue weighted by Gasteiger charge is 2.62. The lowest BCUT2D eigenvalue weighted by Gasteiger charge is -2.58. The lowest BCUT2D eigenvalue weighted by atomic mass is 9.68. The Kier molecular flexibility index (Phi) is 11.7. The van der Waals surface area contributed by atoms with Gasteiger partial charge in [0.2, 0.25) is 17.8 Å². The van der Waals surface area contributed by atoms with E-state index in [1.165, 1.54) is 34.8 Å². The normalized spacial score (nSPS) is 20.9. The van der Waals surface area contributed by atoms with Crippen LogP contribution in [0.25, 0.3) is 10.9 Å². The summed E-state index contributed by atoms with van der Waals surface area (Å²) in [6.07, 6.45) is 3.70. The number of piperidine rings is 3. The van der Waals surface area contributed by atoms with E-state index in [2.05, 4.69) is 25.9 Å². The van der Waals surface area contributed by atoms with Crippen LogP contribution in [0, 0.1) is 17.2 Å². The van der Waals surface area contributed by atoms with E-state index in [1.807, 2.05) is 20.8 Å². The van der Waals surface area contributed by atoms with E-state index in [0.29, 0.717) is 49.6 Å². The molecule has 2 aromatic carbocycles. The van der Waals surface area contributed by atoms with Crippen molar-refractivity contribution in [2.45, 2.75) is 70.5 Å². The molecule has 1 atom stereocenters. The number of nitrogens with zero attached hydrogens (tertiary/aromatic N) is 7. The Labute approximate surface area is 377 Å². The van der Waals surface area contributed by atoms with Crippen molar-refractivity contribution in [3.63, 3.8) is 0 Å². The molecule has 20 heteroatoms. The molecule has 5 aliphatic heterocycles.